The highest BCUT2D eigenvalue weighted by atomic mass is 16.5. The molecule has 2 aromatic carbocycles. The topological polar surface area (TPSA) is 23.1 Å². The van der Waals surface area contributed by atoms with Gasteiger partial charge in [-0.2, -0.15) is 0 Å². The minimum atomic E-state index is -0.259. The van der Waals surface area contributed by atoms with Crippen LogP contribution in [0.4, 0.5) is 0 Å². The summed E-state index contributed by atoms with van der Waals surface area (Å²) < 4.78 is -0.259. The second-order valence-electron chi connectivity index (χ2n) is 6.21. The molecule has 0 saturated heterocycles. The summed E-state index contributed by atoms with van der Waals surface area (Å²) in [5, 5.41) is 11.8. The lowest BCUT2D eigenvalue weighted by molar-refractivity contribution is -0.839. The van der Waals surface area contributed by atoms with Gasteiger partial charge in [0.1, 0.15) is 0 Å². The molecule has 1 aliphatic rings. The van der Waals surface area contributed by atoms with Crippen LogP contribution in [0.5, 0.6) is 0 Å². The molecular weight excluding hydrogens is 270 g/mol. The predicted molar refractivity (Wildman–Crippen MR) is 93.9 cm³/mol. The van der Waals surface area contributed by atoms with Gasteiger partial charge >= 0.3 is 0 Å². The van der Waals surface area contributed by atoms with Gasteiger partial charge in [0.05, 0.1) is 20.6 Å². The lowest BCUT2D eigenvalue weighted by Crippen LogP contribution is -2.32. The quantitative estimate of drug-likeness (QED) is 0.512. The number of hydrogen-bond acceptors (Lipinski definition) is 1. The Morgan fingerprint density at radius 2 is 1.36 bits per heavy atom. The first-order valence-corrected chi connectivity index (χ1v) is 7.66. The van der Waals surface area contributed by atoms with Crippen LogP contribution in [0, 0.1) is 5.21 Å². The number of fused-ring (bicyclic) bond motifs is 2. The Morgan fingerprint density at radius 1 is 0.864 bits per heavy atom. The van der Waals surface area contributed by atoms with E-state index in [0.717, 1.165) is 6.42 Å². The Bertz CT molecular complexity index is 684. The van der Waals surface area contributed by atoms with Crippen LogP contribution in [0.2, 0.25) is 0 Å². The van der Waals surface area contributed by atoms with E-state index >= 15 is 0 Å². The molecule has 0 radical (unpaired) electrons. The number of benzene rings is 2. The maximum absolute atomic E-state index is 11.8. The molecule has 22 heavy (non-hydrogen) atoms. The highest BCUT2D eigenvalue weighted by Crippen LogP contribution is 2.33. The summed E-state index contributed by atoms with van der Waals surface area (Å²) in [5.74, 6) is 0. The van der Waals surface area contributed by atoms with Crippen LogP contribution in [0.1, 0.15) is 28.7 Å². The fraction of sp³-hybridized carbons (Fsp3) is 0.200. The van der Waals surface area contributed by atoms with Crippen molar-refractivity contribution < 1.29 is 4.65 Å². The maximum Gasteiger partial charge on any atom is 0.0815 e. The molecule has 112 valence electrons. The standard InChI is InChI=1S/C20H21NO/c1-21(2,22)15-7-12-20-18-10-5-3-8-16(18)13-14-17-9-4-6-11-19(17)20/h3-6,8-14H,7,15H2,1-2H3. The molecule has 0 N–H and O–H groups in total. The average molecular weight is 291 g/mol. The molecule has 0 aliphatic heterocycles. The zero-order valence-electron chi connectivity index (χ0n) is 13.1. The van der Waals surface area contributed by atoms with E-state index < -0.39 is 0 Å². The molecule has 0 spiro atoms. The summed E-state index contributed by atoms with van der Waals surface area (Å²) >= 11 is 0. The summed E-state index contributed by atoms with van der Waals surface area (Å²) in [7, 11) is 3.38. The predicted octanol–water partition coefficient (Wildman–Crippen LogP) is 4.57. The van der Waals surface area contributed by atoms with Gasteiger partial charge in [-0.1, -0.05) is 66.8 Å². The number of hydrogen-bond donors (Lipinski definition) is 0. The molecule has 2 nitrogen and oxygen atoms in total. The molecule has 2 heteroatoms. The maximum atomic E-state index is 11.8. The van der Waals surface area contributed by atoms with Crippen molar-refractivity contribution in [1.82, 2.24) is 0 Å². The van der Waals surface area contributed by atoms with Crippen molar-refractivity contribution in [3.63, 3.8) is 0 Å². The number of rotatable bonds is 3. The Balaban J connectivity index is 2.07. The van der Waals surface area contributed by atoms with E-state index in [4.69, 9.17) is 0 Å². The molecule has 3 rings (SSSR count). The van der Waals surface area contributed by atoms with Gasteiger partial charge < -0.3 is 9.85 Å². The fourth-order valence-electron chi connectivity index (χ4n) is 2.84. The molecule has 0 unspecified atom stereocenters. The molecule has 0 aromatic heterocycles. The molecular formula is C20H21NO. The van der Waals surface area contributed by atoms with Crippen molar-refractivity contribution in [2.75, 3.05) is 20.6 Å². The first-order chi connectivity index (χ1) is 10.5. The first-order valence-electron chi connectivity index (χ1n) is 7.66. The average Bonchev–Trinajstić information content (AvgIpc) is 2.64. The molecule has 1 aliphatic carbocycles. The zero-order valence-corrected chi connectivity index (χ0v) is 13.1. The third kappa shape index (κ3) is 3.19. The third-order valence-electron chi connectivity index (χ3n) is 3.96. The van der Waals surface area contributed by atoms with E-state index in [2.05, 4.69) is 66.8 Å². The van der Waals surface area contributed by atoms with E-state index in [0.29, 0.717) is 6.54 Å². The van der Waals surface area contributed by atoms with E-state index in [1.807, 2.05) is 0 Å². The highest BCUT2D eigenvalue weighted by Gasteiger charge is 2.14. The lowest BCUT2D eigenvalue weighted by atomic mass is 9.93. The van der Waals surface area contributed by atoms with Gasteiger partial charge in [0.25, 0.3) is 0 Å². The normalized spacial score (nSPS) is 13.3. The third-order valence-corrected chi connectivity index (χ3v) is 3.96. The second kappa shape index (κ2) is 5.91. The molecule has 0 heterocycles. The van der Waals surface area contributed by atoms with Gasteiger partial charge in [-0.25, -0.2) is 0 Å². The Morgan fingerprint density at radius 3 is 1.86 bits per heavy atom. The van der Waals surface area contributed by atoms with Gasteiger partial charge in [0.2, 0.25) is 0 Å². The molecule has 0 bridgehead atoms. The molecule has 0 atom stereocenters. The summed E-state index contributed by atoms with van der Waals surface area (Å²) in [4.78, 5) is 0. The number of quaternary nitrogens is 1. The zero-order chi connectivity index (χ0) is 15.6. The lowest BCUT2D eigenvalue weighted by Gasteiger charge is -2.33. The van der Waals surface area contributed by atoms with E-state index in [-0.39, 0.29) is 4.65 Å². The van der Waals surface area contributed by atoms with Crippen LogP contribution in [0.25, 0.3) is 17.7 Å². The molecule has 0 fully saturated rings. The van der Waals surface area contributed by atoms with Gasteiger partial charge in [0.15, 0.2) is 0 Å². The number of hydroxylamine groups is 3. The van der Waals surface area contributed by atoms with Crippen molar-refractivity contribution in [2.24, 2.45) is 0 Å². The Labute approximate surface area is 132 Å². The second-order valence-corrected chi connectivity index (χ2v) is 6.21. The highest BCUT2D eigenvalue weighted by molar-refractivity contribution is 5.93. The smallest absolute Gasteiger partial charge is 0.0815 e. The van der Waals surface area contributed by atoms with Gasteiger partial charge in [-0.05, 0) is 27.8 Å². The van der Waals surface area contributed by atoms with Crippen molar-refractivity contribution in [2.45, 2.75) is 6.42 Å². The number of nitrogens with zero attached hydrogens (tertiary/aromatic N) is 1. The molecule has 2 aromatic rings. The summed E-state index contributed by atoms with van der Waals surface area (Å²) in [5.41, 5.74) is 6.14. The Kier molecular flexibility index (Phi) is 3.97. The van der Waals surface area contributed by atoms with Crippen LogP contribution in [0.15, 0.2) is 54.6 Å². The van der Waals surface area contributed by atoms with Crippen molar-refractivity contribution >= 4 is 17.7 Å². The monoisotopic (exact) mass is 291 g/mol. The van der Waals surface area contributed by atoms with Crippen LogP contribution in [-0.4, -0.2) is 25.3 Å². The van der Waals surface area contributed by atoms with Crippen LogP contribution in [0.3, 0.4) is 0 Å². The Hall–Kier alpha value is -2.16. The summed E-state index contributed by atoms with van der Waals surface area (Å²) in [6.07, 6.45) is 7.32. The van der Waals surface area contributed by atoms with Crippen molar-refractivity contribution in [3.05, 3.63) is 82.1 Å². The van der Waals surface area contributed by atoms with Crippen LogP contribution >= 0.6 is 0 Å². The fourth-order valence-corrected chi connectivity index (χ4v) is 2.84. The first kappa shape index (κ1) is 14.8. The summed E-state index contributed by atoms with van der Waals surface area (Å²) in [6, 6.07) is 16.9. The van der Waals surface area contributed by atoms with E-state index in [1.165, 1.54) is 27.8 Å². The molecule has 0 amide bonds. The van der Waals surface area contributed by atoms with Crippen LogP contribution < -0.4 is 0 Å². The van der Waals surface area contributed by atoms with Gasteiger partial charge in [-0.15, -0.1) is 0 Å². The largest absolute Gasteiger partial charge is 0.633 e. The van der Waals surface area contributed by atoms with Gasteiger partial charge in [0, 0.05) is 6.42 Å². The van der Waals surface area contributed by atoms with Crippen LogP contribution in [-0.2, 0) is 0 Å². The SMILES string of the molecule is C[N+](C)([O-])CCC=C1c2ccccc2C=Cc2ccccc21. The van der Waals surface area contributed by atoms with Crippen molar-refractivity contribution in [3.8, 4) is 0 Å². The minimum Gasteiger partial charge on any atom is -0.633 e. The van der Waals surface area contributed by atoms with Gasteiger partial charge in [-0.3, -0.25) is 0 Å². The summed E-state index contributed by atoms with van der Waals surface area (Å²) in [6.45, 7) is 0.585. The van der Waals surface area contributed by atoms with E-state index in [9.17, 15) is 5.21 Å². The molecule has 0 saturated carbocycles. The van der Waals surface area contributed by atoms with Crippen molar-refractivity contribution in [1.29, 1.82) is 0 Å². The van der Waals surface area contributed by atoms with E-state index in [1.54, 1.807) is 14.1 Å². The minimum absolute atomic E-state index is 0.259.